The van der Waals surface area contributed by atoms with E-state index in [1.807, 2.05) is 12.1 Å². The minimum Gasteiger partial charge on any atom is -0.493 e. The Balaban J connectivity index is 1.58. The van der Waals surface area contributed by atoms with Gasteiger partial charge in [-0.05, 0) is 100 Å². The molecular formula is C25H26BrNO4. The second-order valence-electron chi connectivity index (χ2n) is 8.80. The maximum atomic E-state index is 11.6. The zero-order valence-corrected chi connectivity index (χ0v) is 19.0. The van der Waals surface area contributed by atoms with Crippen molar-refractivity contribution in [2.75, 3.05) is 19.0 Å². The highest BCUT2D eigenvalue weighted by Crippen LogP contribution is 2.64. The van der Waals surface area contributed by atoms with Crippen molar-refractivity contribution in [2.24, 2.45) is 17.8 Å². The van der Waals surface area contributed by atoms with E-state index in [2.05, 4.69) is 40.0 Å². The van der Waals surface area contributed by atoms with Crippen LogP contribution in [0.15, 0.2) is 47.5 Å². The number of ether oxygens (including phenoxy) is 2. The van der Waals surface area contributed by atoms with E-state index in [0.717, 1.165) is 15.7 Å². The van der Waals surface area contributed by atoms with Crippen LogP contribution in [0.3, 0.4) is 0 Å². The van der Waals surface area contributed by atoms with Gasteiger partial charge in [0.15, 0.2) is 11.5 Å². The van der Waals surface area contributed by atoms with Gasteiger partial charge in [-0.1, -0.05) is 12.7 Å². The highest BCUT2D eigenvalue weighted by atomic mass is 79.9. The van der Waals surface area contributed by atoms with E-state index < -0.39 is 5.97 Å². The summed E-state index contributed by atoms with van der Waals surface area (Å²) >= 11 is 3.67. The van der Waals surface area contributed by atoms with Crippen LogP contribution in [0.2, 0.25) is 0 Å². The number of carboxylic acids is 1. The highest BCUT2D eigenvalue weighted by molar-refractivity contribution is 9.10. The topological polar surface area (TPSA) is 67.8 Å². The third-order valence-corrected chi connectivity index (χ3v) is 7.88. The molecule has 162 valence electrons. The zero-order chi connectivity index (χ0) is 21.7. The molecule has 2 fully saturated rings. The van der Waals surface area contributed by atoms with Gasteiger partial charge in [-0.3, -0.25) is 0 Å². The summed E-state index contributed by atoms with van der Waals surface area (Å²) < 4.78 is 12.3. The molecule has 5 unspecified atom stereocenters. The fourth-order valence-corrected chi connectivity index (χ4v) is 6.72. The average Bonchev–Trinajstić information content (AvgIpc) is 3.39. The van der Waals surface area contributed by atoms with Crippen molar-refractivity contribution in [1.29, 1.82) is 0 Å². The Morgan fingerprint density at radius 2 is 2.10 bits per heavy atom. The van der Waals surface area contributed by atoms with Crippen LogP contribution in [0.1, 0.15) is 52.7 Å². The first-order valence-electron chi connectivity index (χ1n) is 10.8. The standard InChI is InChI=1S/C25H26BrNO4/c1-3-8-31-24-18(26)11-16(12-20(24)30-2)23-22-14-5-4-13(9-14)21(22)17-10-15(25(28)29)6-7-19(17)27-23/h3,6-7,10-14,21-23,27H,1,4-5,8-9H2,2H3,(H,28,29). The molecular weight excluding hydrogens is 458 g/mol. The molecule has 0 radical (unpaired) electrons. The van der Waals surface area contributed by atoms with Crippen LogP contribution >= 0.6 is 15.9 Å². The lowest BCUT2D eigenvalue weighted by Gasteiger charge is -2.43. The Bertz CT molecular complexity index is 1050. The van der Waals surface area contributed by atoms with E-state index in [4.69, 9.17) is 9.47 Å². The maximum absolute atomic E-state index is 11.6. The van der Waals surface area contributed by atoms with Crippen molar-refractivity contribution >= 4 is 27.6 Å². The third-order valence-electron chi connectivity index (χ3n) is 7.29. The van der Waals surface area contributed by atoms with Gasteiger partial charge in [-0.15, -0.1) is 0 Å². The van der Waals surface area contributed by atoms with Gasteiger partial charge in [-0.2, -0.15) is 0 Å². The van der Waals surface area contributed by atoms with E-state index >= 15 is 0 Å². The SMILES string of the molecule is C=CCOc1c(Br)cc(C2Nc3ccc(C(=O)O)cc3C3C4CCC(C4)C23)cc1OC. The summed E-state index contributed by atoms with van der Waals surface area (Å²) in [5, 5.41) is 13.3. The largest absolute Gasteiger partial charge is 0.493 e. The molecule has 6 heteroatoms. The summed E-state index contributed by atoms with van der Waals surface area (Å²) in [6.07, 6.45) is 5.42. The van der Waals surface area contributed by atoms with E-state index in [1.165, 1.54) is 24.8 Å². The second-order valence-corrected chi connectivity index (χ2v) is 9.65. The predicted octanol–water partition coefficient (Wildman–Crippen LogP) is 6.02. The van der Waals surface area contributed by atoms with Crippen LogP contribution in [-0.2, 0) is 0 Å². The number of halogens is 1. The summed E-state index contributed by atoms with van der Waals surface area (Å²) in [5.41, 5.74) is 3.75. The monoisotopic (exact) mass is 483 g/mol. The smallest absolute Gasteiger partial charge is 0.335 e. The van der Waals surface area contributed by atoms with Crippen molar-refractivity contribution in [2.45, 2.75) is 31.2 Å². The van der Waals surface area contributed by atoms with Crippen LogP contribution in [0.25, 0.3) is 0 Å². The molecule has 2 N–H and O–H groups in total. The van der Waals surface area contributed by atoms with Crippen molar-refractivity contribution in [3.05, 3.63) is 64.1 Å². The summed E-state index contributed by atoms with van der Waals surface area (Å²) in [7, 11) is 1.66. The van der Waals surface area contributed by atoms with Crippen molar-refractivity contribution < 1.29 is 19.4 Å². The molecule has 0 spiro atoms. The van der Waals surface area contributed by atoms with Gasteiger partial charge in [-0.25, -0.2) is 4.79 Å². The quantitative estimate of drug-likeness (QED) is 0.491. The number of hydrogen-bond donors (Lipinski definition) is 2. The molecule has 1 heterocycles. The van der Waals surface area contributed by atoms with Crippen molar-refractivity contribution in [1.82, 2.24) is 0 Å². The van der Waals surface area contributed by atoms with Gasteiger partial charge in [0.25, 0.3) is 0 Å². The predicted molar refractivity (Wildman–Crippen MR) is 123 cm³/mol. The normalized spacial score (nSPS) is 27.7. The Labute approximate surface area is 190 Å². The van der Waals surface area contributed by atoms with E-state index in [0.29, 0.717) is 47.3 Å². The first kappa shape index (κ1) is 20.4. The van der Waals surface area contributed by atoms with Gasteiger partial charge in [0, 0.05) is 5.69 Å². The minimum absolute atomic E-state index is 0.141. The summed E-state index contributed by atoms with van der Waals surface area (Å²) in [4.78, 5) is 11.6. The molecule has 3 aliphatic rings. The molecule has 5 atom stereocenters. The molecule has 0 amide bonds. The number of methoxy groups -OCH3 is 1. The average molecular weight is 484 g/mol. The van der Waals surface area contributed by atoms with E-state index in [1.54, 1.807) is 19.3 Å². The fourth-order valence-electron chi connectivity index (χ4n) is 6.15. The molecule has 31 heavy (non-hydrogen) atoms. The van der Waals surface area contributed by atoms with Gasteiger partial charge in [0.05, 0.1) is 23.2 Å². The first-order valence-corrected chi connectivity index (χ1v) is 11.6. The summed E-state index contributed by atoms with van der Waals surface area (Å²) in [6, 6.07) is 9.85. The Morgan fingerprint density at radius 1 is 1.29 bits per heavy atom. The van der Waals surface area contributed by atoms with Crippen LogP contribution in [-0.4, -0.2) is 24.8 Å². The van der Waals surface area contributed by atoms with Crippen LogP contribution in [0, 0.1) is 17.8 Å². The lowest BCUT2D eigenvalue weighted by molar-refractivity contribution is 0.0696. The highest BCUT2D eigenvalue weighted by Gasteiger charge is 2.54. The molecule has 1 aliphatic heterocycles. The number of anilines is 1. The number of fused-ring (bicyclic) bond motifs is 7. The molecule has 0 aromatic heterocycles. The fraction of sp³-hybridized carbons (Fsp3) is 0.400. The lowest BCUT2D eigenvalue weighted by Crippen LogP contribution is -2.35. The van der Waals surface area contributed by atoms with Crippen LogP contribution in [0.4, 0.5) is 5.69 Å². The molecule has 2 bridgehead atoms. The summed E-state index contributed by atoms with van der Waals surface area (Å²) in [6.45, 7) is 4.13. The molecule has 2 saturated carbocycles. The lowest BCUT2D eigenvalue weighted by atomic mass is 9.68. The third kappa shape index (κ3) is 3.32. The van der Waals surface area contributed by atoms with Crippen molar-refractivity contribution in [3.63, 3.8) is 0 Å². The Kier molecular flexibility index (Phi) is 5.21. The number of benzene rings is 2. The number of hydrogen-bond acceptors (Lipinski definition) is 4. The molecule has 0 saturated heterocycles. The number of aromatic carboxylic acids is 1. The molecule has 2 aromatic carbocycles. The Hall–Kier alpha value is -2.47. The number of carbonyl (C=O) groups is 1. The van der Waals surface area contributed by atoms with Gasteiger partial charge < -0.3 is 19.9 Å². The maximum Gasteiger partial charge on any atom is 0.335 e. The van der Waals surface area contributed by atoms with Gasteiger partial charge in [0.1, 0.15) is 6.61 Å². The summed E-state index contributed by atoms with van der Waals surface area (Å²) in [5.74, 6) is 2.61. The second kappa shape index (κ2) is 7.90. The minimum atomic E-state index is -0.867. The van der Waals surface area contributed by atoms with Crippen molar-refractivity contribution in [3.8, 4) is 11.5 Å². The van der Waals surface area contributed by atoms with Gasteiger partial charge >= 0.3 is 5.97 Å². The zero-order valence-electron chi connectivity index (χ0n) is 17.4. The number of carboxylic acid groups (broad SMARTS) is 1. The molecule has 5 nitrogen and oxygen atoms in total. The number of nitrogens with one attached hydrogen (secondary N) is 1. The van der Waals surface area contributed by atoms with Crippen LogP contribution < -0.4 is 14.8 Å². The molecule has 5 rings (SSSR count). The van der Waals surface area contributed by atoms with Crippen LogP contribution in [0.5, 0.6) is 11.5 Å². The molecule has 2 aliphatic carbocycles. The number of rotatable bonds is 6. The van der Waals surface area contributed by atoms with E-state index in [-0.39, 0.29) is 6.04 Å². The van der Waals surface area contributed by atoms with Gasteiger partial charge in [0.2, 0.25) is 0 Å². The molecule has 2 aromatic rings. The van der Waals surface area contributed by atoms with E-state index in [9.17, 15) is 9.90 Å². The Morgan fingerprint density at radius 3 is 2.84 bits per heavy atom. The first-order chi connectivity index (χ1) is 15.0.